The fourth-order valence-electron chi connectivity index (χ4n) is 2.84. The molecular weight excluding hydrogens is 400 g/mol. The van der Waals surface area contributed by atoms with E-state index in [9.17, 15) is 9.59 Å². The van der Waals surface area contributed by atoms with Crippen LogP contribution in [0.1, 0.15) is 21.2 Å². The first-order valence-electron chi connectivity index (χ1n) is 9.31. The average molecular weight is 423 g/mol. The topological polar surface area (TPSA) is 61.8 Å². The van der Waals surface area contributed by atoms with Gasteiger partial charge in [-0.15, -0.1) is 11.8 Å². The Bertz CT molecular complexity index is 989. The summed E-state index contributed by atoms with van der Waals surface area (Å²) >= 11 is 1.38. The van der Waals surface area contributed by atoms with E-state index in [1.165, 1.54) is 26.0 Å². The number of carbonyl (C=O) groups is 2. The summed E-state index contributed by atoms with van der Waals surface area (Å²) < 4.78 is 15.8. The number of benzene rings is 3. The first-order valence-corrected chi connectivity index (χ1v) is 10.2. The molecule has 0 fully saturated rings. The van der Waals surface area contributed by atoms with Crippen molar-refractivity contribution in [3.05, 3.63) is 90.0 Å². The second-order valence-corrected chi connectivity index (χ2v) is 7.50. The molecule has 6 heteroatoms. The second kappa shape index (κ2) is 10.5. The first-order chi connectivity index (χ1) is 14.6. The Morgan fingerprint density at radius 2 is 1.53 bits per heavy atom. The van der Waals surface area contributed by atoms with E-state index in [0.29, 0.717) is 17.1 Å². The van der Waals surface area contributed by atoms with Gasteiger partial charge < -0.3 is 14.2 Å². The summed E-state index contributed by atoms with van der Waals surface area (Å²) in [6, 6.07) is 23.9. The Morgan fingerprint density at radius 1 is 0.867 bits per heavy atom. The zero-order valence-electron chi connectivity index (χ0n) is 16.7. The Balaban J connectivity index is 1.75. The number of hydrogen-bond donors (Lipinski definition) is 0. The zero-order valence-corrected chi connectivity index (χ0v) is 17.6. The van der Waals surface area contributed by atoms with Crippen LogP contribution in [-0.4, -0.2) is 32.6 Å². The molecule has 0 N–H and O–H groups in total. The van der Waals surface area contributed by atoms with Gasteiger partial charge in [0.2, 0.25) is 5.78 Å². The summed E-state index contributed by atoms with van der Waals surface area (Å²) in [4.78, 5) is 26.5. The van der Waals surface area contributed by atoms with Gasteiger partial charge in [-0.25, -0.2) is 0 Å². The molecule has 0 saturated heterocycles. The Labute approximate surface area is 180 Å². The van der Waals surface area contributed by atoms with Crippen molar-refractivity contribution in [2.24, 2.45) is 0 Å². The largest absolute Gasteiger partial charge is 0.497 e. The predicted octanol–water partition coefficient (Wildman–Crippen LogP) is 4.96. The second-order valence-electron chi connectivity index (χ2n) is 6.32. The minimum atomic E-state index is -0.589. The molecule has 0 aromatic heterocycles. The molecule has 154 valence electrons. The molecule has 3 aromatic rings. The molecule has 5 nitrogen and oxygen atoms in total. The van der Waals surface area contributed by atoms with Gasteiger partial charge in [0.25, 0.3) is 0 Å². The predicted molar refractivity (Wildman–Crippen MR) is 116 cm³/mol. The zero-order chi connectivity index (χ0) is 21.3. The van der Waals surface area contributed by atoms with E-state index in [0.717, 1.165) is 10.5 Å². The number of ether oxygens (including phenoxy) is 3. The van der Waals surface area contributed by atoms with Crippen LogP contribution in [0, 0.1) is 0 Å². The summed E-state index contributed by atoms with van der Waals surface area (Å²) in [5.74, 6) is 0.0725. The number of esters is 1. The Morgan fingerprint density at radius 3 is 2.17 bits per heavy atom. The van der Waals surface area contributed by atoms with Crippen molar-refractivity contribution < 1.29 is 23.8 Å². The lowest BCUT2D eigenvalue weighted by Crippen LogP contribution is -2.19. The summed E-state index contributed by atoms with van der Waals surface area (Å²) in [7, 11) is 2.99. The highest BCUT2D eigenvalue weighted by Crippen LogP contribution is 2.36. The van der Waals surface area contributed by atoms with Crippen LogP contribution >= 0.6 is 11.8 Å². The minimum absolute atomic E-state index is 0.302. The van der Waals surface area contributed by atoms with Gasteiger partial charge >= 0.3 is 5.97 Å². The van der Waals surface area contributed by atoms with Crippen molar-refractivity contribution in [3.63, 3.8) is 0 Å². The quantitative estimate of drug-likeness (QED) is 0.276. The molecule has 3 aromatic carbocycles. The van der Waals surface area contributed by atoms with Crippen molar-refractivity contribution in [2.75, 3.05) is 20.8 Å². The summed E-state index contributed by atoms with van der Waals surface area (Å²) in [6.45, 7) is -0.388. The fraction of sp³-hybridized carbons (Fsp3) is 0.167. The summed E-state index contributed by atoms with van der Waals surface area (Å²) in [6.07, 6.45) is 0. The third kappa shape index (κ3) is 5.42. The normalized spacial score (nSPS) is 11.4. The summed E-state index contributed by atoms with van der Waals surface area (Å²) in [5.41, 5.74) is 1.11. The molecular formula is C24H22O5S. The Hall–Kier alpha value is -3.25. The van der Waals surface area contributed by atoms with Crippen LogP contribution in [0.5, 0.6) is 11.5 Å². The van der Waals surface area contributed by atoms with Crippen LogP contribution in [0.4, 0.5) is 0 Å². The molecule has 3 rings (SSSR count). The number of rotatable bonds is 9. The van der Waals surface area contributed by atoms with Crippen molar-refractivity contribution >= 4 is 23.5 Å². The van der Waals surface area contributed by atoms with E-state index in [1.54, 1.807) is 18.2 Å². The van der Waals surface area contributed by atoms with Crippen molar-refractivity contribution in [1.29, 1.82) is 0 Å². The van der Waals surface area contributed by atoms with E-state index in [2.05, 4.69) is 0 Å². The molecule has 0 radical (unpaired) electrons. The molecule has 0 spiro atoms. The number of ketones is 1. The third-order valence-corrected chi connectivity index (χ3v) is 5.61. The van der Waals surface area contributed by atoms with Crippen LogP contribution in [0.15, 0.2) is 83.8 Å². The Kier molecular flexibility index (Phi) is 7.51. The number of Topliss-reactive ketones (excluding diaryl/α,β-unsaturated/α-hetero) is 1. The molecule has 0 amide bonds. The van der Waals surface area contributed by atoms with E-state index in [4.69, 9.17) is 14.2 Å². The average Bonchev–Trinajstić information content (AvgIpc) is 2.81. The van der Waals surface area contributed by atoms with Crippen LogP contribution in [0.2, 0.25) is 0 Å². The van der Waals surface area contributed by atoms with Gasteiger partial charge in [0.05, 0.1) is 19.8 Å². The molecule has 0 aliphatic heterocycles. The lowest BCUT2D eigenvalue weighted by atomic mass is 10.1. The first kappa shape index (κ1) is 21.5. The van der Waals surface area contributed by atoms with Crippen molar-refractivity contribution in [2.45, 2.75) is 10.1 Å². The minimum Gasteiger partial charge on any atom is -0.497 e. The maximum Gasteiger partial charge on any atom is 0.324 e. The van der Waals surface area contributed by atoms with Gasteiger partial charge in [-0.05, 0) is 35.9 Å². The highest BCUT2D eigenvalue weighted by molar-refractivity contribution is 8.00. The van der Waals surface area contributed by atoms with Crippen LogP contribution in [-0.2, 0) is 9.53 Å². The molecule has 0 aliphatic rings. The molecule has 30 heavy (non-hydrogen) atoms. The van der Waals surface area contributed by atoms with Gasteiger partial charge in [-0.2, -0.15) is 0 Å². The van der Waals surface area contributed by atoms with Gasteiger partial charge in [-0.1, -0.05) is 48.5 Å². The highest BCUT2D eigenvalue weighted by Gasteiger charge is 2.25. The van der Waals surface area contributed by atoms with Gasteiger partial charge in [-0.3, -0.25) is 9.59 Å². The monoisotopic (exact) mass is 422 g/mol. The van der Waals surface area contributed by atoms with Crippen molar-refractivity contribution in [1.82, 2.24) is 0 Å². The van der Waals surface area contributed by atoms with Crippen LogP contribution in [0.3, 0.4) is 0 Å². The lowest BCUT2D eigenvalue weighted by molar-refractivity contribution is -0.142. The molecule has 0 saturated carbocycles. The molecule has 0 aliphatic carbocycles. The smallest absolute Gasteiger partial charge is 0.324 e. The van der Waals surface area contributed by atoms with E-state index < -0.39 is 11.2 Å². The maximum atomic E-state index is 12.9. The van der Waals surface area contributed by atoms with Gasteiger partial charge in [0.1, 0.15) is 16.7 Å². The van der Waals surface area contributed by atoms with Crippen LogP contribution in [0.25, 0.3) is 0 Å². The third-order valence-electron chi connectivity index (χ3n) is 4.37. The van der Waals surface area contributed by atoms with E-state index >= 15 is 0 Å². The van der Waals surface area contributed by atoms with Gasteiger partial charge in [0.15, 0.2) is 6.61 Å². The standard InChI is InChI=1S/C24H22O5S/c1-27-18-13-14-22(28-2)20(15-18)21(25)16-29-24(26)23(17-9-5-3-6-10-17)30-19-11-7-4-8-12-19/h3-15,23H,16H2,1-2H3. The van der Waals surface area contributed by atoms with Gasteiger partial charge in [0, 0.05) is 4.90 Å². The summed E-state index contributed by atoms with van der Waals surface area (Å²) in [5, 5.41) is -0.589. The number of carbonyl (C=O) groups excluding carboxylic acids is 2. The number of methoxy groups -OCH3 is 2. The number of hydrogen-bond acceptors (Lipinski definition) is 6. The molecule has 0 bridgehead atoms. The molecule has 1 atom stereocenters. The lowest BCUT2D eigenvalue weighted by Gasteiger charge is -2.16. The molecule has 1 unspecified atom stereocenters. The number of thioether (sulfide) groups is 1. The van der Waals surface area contributed by atoms with Crippen LogP contribution < -0.4 is 9.47 Å². The maximum absolute atomic E-state index is 12.9. The van der Waals surface area contributed by atoms with E-state index in [1.807, 2.05) is 60.7 Å². The van der Waals surface area contributed by atoms with E-state index in [-0.39, 0.29) is 12.4 Å². The van der Waals surface area contributed by atoms with Crippen molar-refractivity contribution in [3.8, 4) is 11.5 Å². The SMILES string of the molecule is COc1ccc(OC)c(C(=O)COC(=O)C(Sc2ccccc2)c2ccccc2)c1. The molecule has 0 heterocycles. The highest BCUT2D eigenvalue weighted by atomic mass is 32.2. The fourth-order valence-corrected chi connectivity index (χ4v) is 3.88.